The largest absolute Gasteiger partial charge is 0.327 e. The maximum absolute atomic E-state index is 13.6. The van der Waals surface area contributed by atoms with Crippen LogP contribution in [0.1, 0.15) is 25.1 Å². The molecule has 0 atom stereocenters. The highest BCUT2D eigenvalue weighted by Crippen LogP contribution is 2.25. The number of likely N-dealkylation sites (tertiary alicyclic amines) is 1. The molecule has 0 bridgehead atoms. The first-order chi connectivity index (χ1) is 10.2. The second-order valence-electron chi connectivity index (χ2n) is 5.47. The Labute approximate surface area is 137 Å². The van der Waals surface area contributed by atoms with E-state index in [1.807, 2.05) is 0 Å². The van der Waals surface area contributed by atoms with Crippen LogP contribution in [0.4, 0.5) is 4.39 Å². The molecule has 1 saturated heterocycles. The summed E-state index contributed by atoms with van der Waals surface area (Å²) in [6, 6.07) is 3.26. The molecule has 0 spiro atoms. The van der Waals surface area contributed by atoms with Crippen molar-refractivity contribution in [1.82, 2.24) is 14.5 Å². The first-order valence-electron chi connectivity index (χ1n) is 7.31. The van der Waals surface area contributed by atoms with Gasteiger partial charge in [0.2, 0.25) is 0 Å². The molecular weight excluding hydrogens is 357 g/mol. The predicted molar refractivity (Wildman–Crippen MR) is 87.2 cm³/mol. The van der Waals surface area contributed by atoms with Crippen molar-refractivity contribution in [2.75, 3.05) is 19.6 Å². The minimum Gasteiger partial charge on any atom is -0.327 e. The summed E-state index contributed by atoms with van der Waals surface area (Å²) in [7, 11) is 0. The van der Waals surface area contributed by atoms with Crippen LogP contribution in [0.5, 0.6) is 0 Å². The van der Waals surface area contributed by atoms with Crippen LogP contribution in [0, 0.1) is 5.82 Å². The molecule has 0 aliphatic carbocycles. The smallest absolute Gasteiger partial charge is 0.139 e. The van der Waals surface area contributed by atoms with Crippen molar-refractivity contribution in [1.29, 1.82) is 0 Å². The Morgan fingerprint density at radius 1 is 1.24 bits per heavy atom. The summed E-state index contributed by atoms with van der Waals surface area (Å²) in [5.41, 5.74) is 1.62. The molecule has 3 nitrogen and oxygen atoms in total. The van der Waals surface area contributed by atoms with Gasteiger partial charge in [-0.15, -0.1) is 11.6 Å². The van der Waals surface area contributed by atoms with Crippen molar-refractivity contribution < 1.29 is 4.39 Å². The second kappa shape index (κ2) is 6.63. The van der Waals surface area contributed by atoms with E-state index in [1.165, 1.54) is 32.0 Å². The number of nitrogens with zero attached hydrogens (tertiary/aromatic N) is 3. The van der Waals surface area contributed by atoms with Gasteiger partial charge in [-0.3, -0.25) is 0 Å². The number of rotatable bonds is 5. The highest BCUT2D eigenvalue weighted by molar-refractivity contribution is 9.10. The van der Waals surface area contributed by atoms with Gasteiger partial charge in [0.1, 0.15) is 11.6 Å². The van der Waals surface area contributed by atoms with E-state index in [0.29, 0.717) is 15.9 Å². The average Bonchev–Trinajstić information content (AvgIpc) is 3.08. The molecule has 114 valence electrons. The van der Waals surface area contributed by atoms with Gasteiger partial charge in [-0.25, -0.2) is 9.37 Å². The van der Waals surface area contributed by atoms with Gasteiger partial charge < -0.3 is 9.47 Å². The lowest BCUT2D eigenvalue weighted by Gasteiger charge is -2.15. The topological polar surface area (TPSA) is 21.1 Å². The zero-order valence-electron chi connectivity index (χ0n) is 11.8. The number of benzene rings is 1. The molecule has 2 heterocycles. The first-order valence-corrected chi connectivity index (χ1v) is 8.64. The lowest BCUT2D eigenvalue weighted by Crippen LogP contribution is -2.21. The number of hydrogen-bond acceptors (Lipinski definition) is 2. The van der Waals surface area contributed by atoms with Gasteiger partial charge in [0, 0.05) is 12.6 Å². The van der Waals surface area contributed by atoms with Gasteiger partial charge in [-0.1, -0.05) is 0 Å². The van der Waals surface area contributed by atoms with Gasteiger partial charge in [-0.2, -0.15) is 0 Å². The van der Waals surface area contributed by atoms with E-state index in [9.17, 15) is 4.39 Å². The highest BCUT2D eigenvalue weighted by Gasteiger charge is 2.14. The van der Waals surface area contributed by atoms with Crippen molar-refractivity contribution in [2.45, 2.75) is 31.7 Å². The van der Waals surface area contributed by atoms with E-state index < -0.39 is 0 Å². The fourth-order valence-electron chi connectivity index (χ4n) is 2.98. The molecule has 0 amide bonds. The van der Waals surface area contributed by atoms with Crippen LogP contribution in [0.25, 0.3) is 11.0 Å². The van der Waals surface area contributed by atoms with Crippen LogP contribution in [-0.4, -0.2) is 34.1 Å². The van der Waals surface area contributed by atoms with Gasteiger partial charge >= 0.3 is 0 Å². The van der Waals surface area contributed by atoms with E-state index in [0.717, 1.165) is 30.9 Å². The van der Waals surface area contributed by atoms with Crippen LogP contribution in [0.15, 0.2) is 16.6 Å². The Bertz CT molecular complexity index is 637. The Morgan fingerprint density at radius 3 is 2.71 bits per heavy atom. The Morgan fingerprint density at radius 2 is 2.00 bits per heavy atom. The van der Waals surface area contributed by atoms with Crippen LogP contribution < -0.4 is 0 Å². The molecule has 0 saturated carbocycles. The first kappa shape index (κ1) is 15.3. The molecule has 1 aromatic heterocycles. The summed E-state index contributed by atoms with van der Waals surface area (Å²) in [5, 5.41) is 0. The third-order valence-corrected chi connectivity index (χ3v) is 4.89. The fraction of sp³-hybridized carbons (Fsp3) is 0.533. The maximum atomic E-state index is 13.6. The van der Waals surface area contributed by atoms with Crippen molar-refractivity contribution in [3.63, 3.8) is 0 Å². The number of halogens is 3. The van der Waals surface area contributed by atoms with Crippen LogP contribution in [-0.2, 0) is 12.4 Å². The molecule has 1 fully saturated rings. The number of aryl methyl sites for hydroxylation is 1. The molecule has 2 aromatic rings. The molecule has 0 radical (unpaired) electrons. The van der Waals surface area contributed by atoms with Crippen LogP contribution >= 0.6 is 27.5 Å². The monoisotopic (exact) mass is 373 g/mol. The number of aromatic nitrogens is 2. The van der Waals surface area contributed by atoms with E-state index in [1.54, 1.807) is 6.07 Å². The number of hydrogen-bond donors (Lipinski definition) is 0. The van der Waals surface area contributed by atoms with E-state index >= 15 is 0 Å². The second-order valence-corrected chi connectivity index (χ2v) is 6.59. The summed E-state index contributed by atoms with van der Waals surface area (Å²) in [6.45, 7) is 4.39. The molecule has 21 heavy (non-hydrogen) atoms. The Kier molecular flexibility index (Phi) is 4.82. The molecule has 0 unspecified atom stereocenters. The summed E-state index contributed by atoms with van der Waals surface area (Å²) in [4.78, 5) is 6.94. The third-order valence-electron chi connectivity index (χ3n) is 4.04. The average molecular weight is 375 g/mol. The molecule has 1 aliphatic heterocycles. The maximum Gasteiger partial charge on any atom is 0.139 e. The lowest BCUT2D eigenvalue weighted by molar-refractivity contribution is 0.325. The Hall–Kier alpha value is -0.650. The quantitative estimate of drug-likeness (QED) is 0.733. The van der Waals surface area contributed by atoms with E-state index in [4.69, 9.17) is 11.6 Å². The number of alkyl halides is 1. The fourth-order valence-corrected chi connectivity index (χ4v) is 3.52. The van der Waals surface area contributed by atoms with Gasteiger partial charge in [0.05, 0.1) is 21.4 Å². The molecule has 0 N–H and O–H groups in total. The van der Waals surface area contributed by atoms with Crippen molar-refractivity contribution in [2.24, 2.45) is 0 Å². The lowest BCUT2D eigenvalue weighted by atomic mass is 10.3. The standard InChI is InChI=1S/C15H18BrClFN3/c16-11-8-14-13(9-12(11)18)19-15(10-17)21(14)7-3-6-20-4-1-2-5-20/h8-9H,1-7,10H2. The van der Waals surface area contributed by atoms with Gasteiger partial charge in [-0.05, 0) is 60.9 Å². The summed E-state index contributed by atoms with van der Waals surface area (Å²) < 4.78 is 16.2. The predicted octanol–water partition coefficient (Wildman–Crippen LogP) is 4.16. The normalized spacial score (nSPS) is 16.1. The highest BCUT2D eigenvalue weighted by atomic mass is 79.9. The van der Waals surface area contributed by atoms with Crippen LogP contribution in [0.3, 0.4) is 0 Å². The third kappa shape index (κ3) is 3.25. The zero-order chi connectivity index (χ0) is 14.8. The van der Waals surface area contributed by atoms with Gasteiger partial charge in [0.25, 0.3) is 0 Å². The molecule has 1 aliphatic rings. The van der Waals surface area contributed by atoms with E-state index in [-0.39, 0.29) is 5.82 Å². The Balaban J connectivity index is 1.80. The minimum atomic E-state index is -0.287. The molecule has 1 aromatic carbocycles. The minimum absolute atomic E-state index is 0.287. The van der Waals surface area contributed by atoms with E-state index in [2.05, 4.69) is 30.4 Å². The summed E-state index contributed by atoms with van der Waals surface area (Å²) in [6.07, 6.45) is 3.69. The molecule has 6 heteroatoms. The zero-order valence-corrected chi connectivity index (χ0v) is 14.1. The SMILES string of the molecule is Fc1cc2nc(CCl)n(CCCN3CCCC3)c2cc1Br. The summed E-state index contributed by atoms with van der Waals surface area (Å²) >= 11 is 9.24. The molecular formula is C15H18BrClFN3. The van der Waals surface area contributed by atoms with Crippen molar-refractivity contribution in [3.05, 3.63) is 28.2 Å². The van der Waals surface area contributed by atoms with Crippen molar-refractivity contribution in [3.8, 4) is 0 Å². The van der Waals surface area contributed by atoms with Crippen LogP contribution in [0.2, 0.25) is 0 Å². The molecule has 3 rings (SSSR count). The number of imidazole rings is 1. The van der Waals surface area contributed by atoms with Gasteiger partial charge in [0.15, 0.2) is 0 Å². The number of fused-ring (bicyclic) bond motifs is 1. The summed E-state index contributed by atoms with van der Waals surface area (Å²) in [5.74, 6) is 0.869. The van der Waals surface area contributed by atoms with Crippen molar-refractivity contribution >= 4 is 38.6 Å².